The van der Waals surface area contributed by atoms with Gasteiger partial charge in [0.05, 0.1) is 17.1 Å². The lowest BCUT2D eigenvalue weighted by Crippen LogP contribution is -2.50. The van der Waals surface area contributed by atoms with Crippen LogP contribution < -0.4 is 10.6 Å². The number of hydrogen-bond acceptors (Lipinski definition) is 6. The Labute approximate surface area is 124 Å². The molecular weight excluding hydrogens is 274 g/mol. The molecule has 1 aliphatic rings. The van der Waals surface area contributed by atoms with Crippen LogP contribution in [0, 0.1) is 17.0 Å². The van der Waals surface area contributed by atoms with E-state index in [-0.39, 0.29) is 16.1 Å². The third-order valence-electron chi connectivity index (χ3n) is 3.92. The summed E-state index contributed by atoms with van der Waals surface area (Å²) in [5.41, 5.74) is 0.325. The highest BCUT2D eigenvalue weighted by molar-refractivity contribution is 5.59. The minimum absolute atomic E-state index is 0.0578. The standard InChI is InChI=1S/C13H23N5O3/c1-4-17-12(11(18(19)20)10(2)16-17)14-8-13(9-21-3)6-5-7-15-13/h14-15H,4-9H2,1-3H3. The van der Waals surface area contributed by atoms with E-state index in [0.717, 1.165) is 19.4 Å². The van der Waals surface area contributed by atoms with Gasteiger partial charge in [-0.3, -0.25) is 10.1 Å². The largest absolute Gasteiger partial charge is 0.383 e. The van der Waals surface area contributed by atoms with Crippen molar-refractivity contribution in [2.45, 2.75) is 38.8 Å². The van der Waals surface area contributed by atoms with Crippen molar-refractivity contribution >= 4 is 11.5 Å². The molecule has 0 radical (unpaired) electrons. The van der Waals surface area contributed by atoms with Gasteiger partial charge in [-0.25, -0.2) is 4.68 Å². The predicted octanol–water partition coefficient (Wildman–Crippen LogP) is 1.30. The Kier molecular flexibility index (Phi) is 4.79. The number of nitrogens with one attached hydrogen (secondary N) is 2. The van der Waals surface area contributed by atoms with Crippen LogP contribution in [0.3, 0.4) is 0 Å². The fourth-order valence-electron chi connectivity index (χ4n) is 2.92. The second-order valence-corrected chi connectivity index (χ2v) is 5.45. The molecule has 2 heterocycles. The van der Waals surface area contributed by atoms with E-state index in [0.29, 0.717) is 31.2 Å². The normalized spacial score (nSPS) is 21.7. The van der Waals surface area contributed by atoms with Crippen molar-refractivity contribution in [1.29, 1.82) is 0 Å². The van der Waals surface area contributed by atoms with Crippen molar-refractivity contribution < 1.29 is 9.66 Å². The third kappa shape index (κ3) is 3.16. The zero-order valence-electron chi connectivity index (χ0n) is 12.8. The van der Waals surface area contributed by atoms with Crippen LogP contribution in [0.1, 0.15) is 25.5 Å². The minimum atomic E-state index is -0.373. The molecule has 8 heteroatoms. The number of anilines is 1. The summed E-state index contributed by atoms with van der Waals surface area (Å²) >= 11 is 0. The first-order valence-corrected chi connectivity index (χ1v) is 7.22. The van der Waals surface area contributed by atoms with Crippen LogP contribution >= 0.6 is 0 Å². The Morgan fingerprint density at radius 2 is 2.38 bits per heavy atom. The van der Waals surface area contributed by atoms with Crippen LogP contribution in [0.2, 0.25) is 0 Å². The first-order valence-electron chi connectivity index (χ1n) is 7.22. The monoisotopic (exact) mass is 297 g/mol. The Morgan fingerprint density at radius 1 is 1.62 bits per heavy atom. The summed E-state index contributed by atoms with van der Waals surface area (Å²) in [4.78, 5) is 10.9. The molecule has 8 nitrogen and oxygen atoms in total. The van der Waals surface area contributed by atoms with E-state index in [1.54, 1.807) is 18.7 Å². The summed E-state index contributed by atoms with van der Waals surface area (Å²) < 4.78 is 6.94. The third-order valence-corrected chi connectivity index (χ3v) is 3.92. The summed E-state index contributed by atoms with van der Waals surface area (Å²) in [7, 11) is 1.67. The Bertz CT molecular complexity index is 508. The molecule has 0 amide bonds. The van der Waals surface area contributed by atoms with Gasteiger partial charge < -0.3 is 15.4 Å². The molecule has 1 saturated heterocycles. The summed E-state index contributed by atoms with van der Waals surface area (Å²) in [5, 5.41) is 22.1. The molecule has 2 N–H and O–H groups in total. The predicted molar refractivity (Wildman–Crippen MR) is 79.6 cm³/mol. The average molecular weight is 297 g/mol. The maximum Gasteiger partial charge on any atom is 0.333 e. The molecule has 1 aromatic heterocycles. The zero-order chi connectivity index (χ0) is 15.5. The number of ether oxygens (including phenoxy) is 1. The van der Waals surface area contributed by atoms with E-state index in [9.17, 15) is 10.1 Å². The smallest absolute Gasteiger partial charge is 0.333 e. The van der Waals surface area contributed by atoms with Crippen LogP contribution in [-0.2, 0) is 11.3 Å². The molecule has 1 unspecified atom stereocenters. The van der Waals surface area contributed by atoms with Crippen LogP contribution in [0.4, 0.5) is 11.5 Å². The van der Waals surface area contributed by atoms with Gasteiger partial charge >= 0.3 is 5.69 Å². The van der Waals surface area contributed by atoms with Crippen LogP contribution in [0.15, 0.2) is 0 Å². The van der Waals surface area contributed by atoms with E-state index in [1.165, 1.54) is 0 Å². The fraction of sp³-hybridized carbons (Fsp3) is 0.769. The first-order chi connectivity index (χ1) is 10.0. The van der Waals surface area contributed by atoms with Crippen LogP contribution in [0.5, 0.6) is 0 Å². The van der Waals surface area contributed by atoms with Gasteiger partial charge in [0.25, 0.3) is 0 Å². The molecule has 1 aromatic rings. The van der Waals surface area contributed by atoms with Gasteiger partial charge in [-0.05, 0) is 33.2 Å². The van der Waals surface area contributed by atoms with E-state index < -0.39 is 0 Å². The molecule has 0 aliphatic carbocycles. The molecule has 0 aromatic carbocycles. The van der Waals surface area contributed by atoms with Gasteiger partial charge in [0.2, 0.25) is 5.82 Å². The number of nitro groups is 1. The summed E-state index contributed by atoms with van der Waals surface area (Å²) in [6.07, 6.45) is 2.07. The molecule has 118 valence electrons. The molecule has 0 bridgehead atoms. The molecule has 2 rings (SSSR count). The highest BCUT2D eigenvalue weighted by Gasteiger charge is 2.35. The van der Waals surface area contributed by atoms with Gasteiger partial charge in [-0.2, -0.15) is 5.10 Å². The highest BCUT2D eigenvalue weighted by Crippen LogP contribution is 2.29. The quantitative estimate of drug-likeness (QED) is 0.582. The Morgan fingerprint density at radius 3 is 2.90 bits per heavy atom. The van der Waals surface area contributed by atoms with Crippen molar-refractivity contribution in [2.24, 2.45) is 0 Å². The van der Waals surface area contributed by atoms with Crippen LogP contribution in [-0.4, -0.2) is 47.0 Å². The van der Waals surface area contributed by atoms with Gasteiger partial charge in [0.1, 0.15) is 5.69 Å². The average Bonchev–Trinajstić information content (AvgIpc) is 3.01. The van der Waals surface area contributed by atoms with Crippen molar-refractivity contribution in [3.63, 3.8) is 0 Å². The topological polar surface area (TPSA) is 94.2 Å². The number of hydrogen-bond donors (Lipinski definition) is 2. The SMILES string of the molecule is CCn1nc(C)c([N+](=O)[O-])c1NCC1(COC)CCCN1. The molecule has 0 spiro atoms. The van der Waals surface area contributed by atoms with E-state index in [4.69, 9.17) is 4.74 Å². The number of rotatable bonds is 7. The van der Waals surface area contributed by atoms with E-state index >= 15 is 0 Å². The lowest BCUT2D eigenvalue weighted by molar-refractivity contribution is -0.384. The minimum Gasteiger partial charge on any atom is -0.383 e. The van der Waals surface area contributed by atoms with Crippen LogP contribution in [0.25, 0.3) is 0 Å². The fourth-order valence-corrected chi connectivity index (χ4v) is 2.92. The molecular formula is C13H23N5O3. The zero-order valence-corrected chi connectivity index (χ0v) is 12.8. The maximum absolute atomic E-state index is 11.2. The maximum atomic E-state index is 11.2. The Hall–Kier alpha value is -1.67. The van der Waals surface area contributed by atoms with E-state index in [2.05, 4.69) is 15.7 Å². The lowest BCUT2D eigenvalue weighted by atomic mass is 9.98. The second kappa shape index (κ2) is 6.40. The van der Waals surface area contributed by atoms with Crippen molar-refractivity contribution in [2.75, 3.05) is 32.1 Å². The summed E-state index contributed by atoms with van der Waals surface area (Å²) in [6.45, 7) is 6.26. The second-order valence-electron chi connectivity index (χ2n) is 5.45. The molecule has 1 atom stereocenters. The van der Waals surface area contributed by atoms with Gasteiger partial charge in [-0.15, -0.1) is 0 Å². The first kappa shape index (κ1) is 15.7. The summed E-state index contributed by atoms with van der Waals surface area (Å²) in [6, 6.07) is 0. The molecule has 1 fully saturated rings. The van der Waals surface area contributed by atoms with Crippen molar-refractivity contribution in [3.05, 3.63) is 15.8 Å². The molecule has 21 heavy (non-hydrogen) atoms. The van der Waals surface area contributed by atoms with Gasteiger partial charge in [0, 0.05) is 20.2 Å². The summed E-state index contributed by atoms with van der Waals surface area (Å²) in [5.74, 6) is 0.476. The lowest BCUT2D eigenvalue weighted by Gasteiger charge is -2.29. The number of aryl methyl sites for hydroxylation is 2. The van der Waals surface area contributed by atoms with E-state index in [1.807, 2.05) is 6.92 Å². The molecule has 1 aliphatic heterocycles. The van der Waals surface area contributed by atoms with Crippen molar-refractivity contribution in [3.8, 4) is 0 Å². The highest BCUT2D eigenvalue weighted by atomic mass is 16.6. The molecule has 0 saturated carbocycles. The van der Waals surface area contributed by atoms with Crippen molar-refractivity contribution in [1.82, 2.24) is 15.1 Å². The Balaban J connectivity index is 2.20. The van der Waals surface area contributed by atoms with Gasteiger partial charge in [0.15, 0.2) is 0 Å². The van der Waals surface area contributed by atoms with Gasteiger partial charge in [-0.1, -0.05) is 0 Å². The number of nitrogens with zero attached hydrogens (tertiary/aromatic N) is 3. The number of aromatic nitrogens is 2. The number of methoxy groups -OCH3 is 1.